The minimum absolute atomic E-state index is 0.234. The van der Waals surface area contributed by atoms with Crippen molar-refractivity contribution in [2.24, 2.45) is 0 Å². The fraction of sp³-hybridized carbons (Fsp3) is 0.238. The second-order valence-electron chi connectivity index (χ2n) is 6.09. The Morgan fingerprint density at radius 2 is 1.70 bits per heavy atom. The zero-order chi connectivity index (χ0) is 19.2. The molecule has 140 valence electrons. The molecule has 0 fully saturated rings. The minimum Gasteiger partial charge on any atom is -0.385 e. The van der Waals surface area contributed by atoms with Crippen LogP contribution >= 0.6 is 23.4 Å². The van der Waals surface area contributed by atoms with E-state index in [0.29, 0.717) is 46.4 Å². The van der Waals surface area contributed by atoms with E-state index in [1.807, 2.05) is 30.3 Å². The van der Waals surface area contributed by atoms with Crippen LogP contribution in [0, 0.1) is 0 Å². The molecule has 2 amide bonds. The minimum atomic E-state index is -0.256. The SMILES string of the molecule is COCCCN1C(=O)C(SCc2ccccc2)=C(c2ccc(Cl)cc2)C1=O. The van der Waals surface area contributed by atoms with Crippen LogP contribution in [0.5, 0.6) is 0 Å². The highest BCUT2D eigenvalue weighted by Gasteiger charge is 2.38. The molecule has 0 saturated heterocycles. The predicted octanol–water partition coefficient (Wildman–Crippen LogP) is 4.39. The molecule has 0 spiro atoms. The summed E-state index contributed by atoms with van der Waals surface area (Å²) < 4.78 is 5.05. The highest BCUT2D eigenvalue weighted by Crippen LogP contribution is 2.37. The number of carbonyl (C=O) groups excluding carboxylic acids is 2. The maximum atomic E-state index is 13.0. The molecular formula is C21H20ClNO3S. The Bertz CT molecular complexity index is 849. The lowest BCUT2D eigenvalue weighted by molar-refractivity contribution is -0.136. The first-order valence-corrected chi connectivity index (χ1v) is 10.00. The highest BCUT2D eigenvalue weighted by atomic mass is 35.5. The van der Waals surface area contributed by atoms with Gasteiger partial charge in [0, 0.05) is 31.0 Å². The summed E-state index contributed by atoms with van der Waals surface area (Å²) in [5.41, 5.74) is 2.26. The monoisotopic (exact) mass is 401 g/mol. The summed E-state index contributed by atoms with van der Waals surface area (Å²) in [6.07, 6.45) is 0.610. The molecule has 2 aromatic carbocycles. The zero-order valence-electron chi connectivity index (χ0n) is 15.0. The van der Waals surface area contributed by atoms with Crippen molar-refractivity contribution < 1.29 is 14.3 Å². The Labute approximate surface area is 168 Å². The van der Waals surface area contributed by atoms with Crippen molar-refractivity contribution in [1.29, 1.82) is 0 Å². The summed E-state index contributed by atoms with van der Waals surface area (Å²) in [6.45, 7) is 0.845. The first-order valence-electron chi connectivity index (χ1n) is 8.64. The van der Waals surface area contributed by atoms with E-state index < -0.39 is 0 Å². The molecule has 3 rings (SSSR count). The van der Waals surface area contributed by atoms with Gasteiger partial charge in [-0.2, -0.15) is 0 Å². The lowest BCUT2D eigenvalue weighted by Gasteiger charge is -2.14. The summed E-state index contributed by atoms with van der Waals surface area (Å²) in [7, 11) is 1.60. The van der Waals surface area contributed by atoms with Gasteiger partial charge in [0.1, 0.15) is 0 Å². The third kappa shape index (κ3) is 4.61. The quantitative estimate of drug-likeness (QED) is 0.486. The molecule has 0 aromatic heterocycles. The number of ether oxygens (including phenoxy) is 1. The molecular weight excluding hydrogens is 382 g/mol. The Morgan fingerprint density at radius 3 is 2.37 bits per heavy atom. The average Bonchev–Trinajstić information content (AvgIpc) is 2.92. The maximum Gasteiger partial charge on any atom is 0.267 e. The Hall–Kier alpha value is -2.08. The van der Waals surface area contributed by atoms with Gasteiger partial charge in [-0.15, -0.1) is 11.8 Å². The van der Waals surface area contributed by atoms with Gasteiger partial charge in [0.15, 0.2) is 0 Å². The van der Waals surface area contributed by atoms with Gasteiger partial charge in [-0.05, 0) is 29.7 Å². The topological polar surface area (TPSA) is 46.6 Å². The van der Waals surface area contributed by atoms with Crippen LogP contribution in [0.1, 0.15) is 17.5 Å². The summed E-state index contributed by atoms with van der Waals surface area (Å²) in [5.74, 6) is 0.133. The summed E-state index contributed by atoms with van der Waals surface area (Å²) in [6, 6.07) is 16.9. The van der Waals surface area contributed by atoms with Crippen molar-refractivity contribution in [3.05, 3.63) is 75.7 Å². The van der Waals surface area contributed by atoms with Gasteiger partial charge in [0.05, 0.1) is 10.5 Å². The van der Waals surface area contributed by atoms with Crippen LogP contribution in [-0.4, -0.2) is 37.0 Å². The third-order valence-corrected chi connectivity index (χ3v) is 5.61. The molecule has 1 aliphatic heterocycles. The number of carbonyl (C=O) groups is 2. The molecule has 0 unspecified atom stereocenters. The van der Waals surface area contributed by atoms with E-state index >= 15 is 0 Å². The number of rotatable bonds is 8. The Morgan fingerprint density at radius 1 is 1.00 bits per heavy atom. The summed E-state index contributed by atoms with van der Waals surface area (Å²) in [5, 5.41) is 0.589. The lowest BCUT2D eigenvalue weighted by atomic mass is 10.1. The number of benzene rings is 2. The van der Waals surface area contributed by atoms with Crippen molar-refractivity contribution >= 4 is 40.8 Å². The smallest absolute Gasteiger partial charge is 0.267 e. The van der Waals surface area contributed by atoms with Crippen molar-refractivity contribution in [3.8, 4) is 0 Å². The van der Waals surface area contributed by atoms with E-state index in [9.17, 15) is 9.59 Å². The molecule has 0 bridgehead atoms. The number of hydrogen-bond acceptors (Lipinski definition) is 4. The van der Waals surface area contributed by atoms with E-state index in [1.54, 1.807) is 31.4 Å². The van der Waals surface area contributed by atoms with Crippen molar-refractivity contribution in [1.82, 2.24) is 4.90 Å². The highest BCUT2D eigenvalue weighted by molar-refractivity contribution is 8.03. The Balaban J connectivity index is 1.89. The van der Waals surface area contributed by atoms with Crippen molar-refractivity contribution in [2.45, 2.75) is 12.2 Å². The van der Waals surface area contributed by atoms with E-state index in [1.165, 1.54) is 16.7 Å². The number of methoxy groups -OCH3 is 1. The molecule has 0 aliphatic carbocycles. The van der Waals surface area contributed by atoms with Crippen LogP contribution in [0.3, 0.4) is 0 Å². The molecule has 0 atom stereocenters. The molecule has 4 nitrogen and oxygen atoms in total. The number of thioether (sulfide) groups is 1. The molecule has 1 heterocycles. The molecule has 1 aliphatic rings. The van der Waals surface area contributed by atoms with Crippen LogP contribution in [-0.2, 0) is 20.1 Å². The fourth-order valence-electron chi connectivity index (χ4n) is 2.86. The second-order valence-corrected chi connectivity index (χ2v) is 7.52. The molecule has 0 saturated carbocycles. The van der Waals surface area contributed by atoms with Gasteiger partial charge in [-0.1, -0.05) is 54.1 Å². The van der Waals surface area contributed by atoms with Gasteiger partial charge in [-0.25, -0.2) is 0 Å². The number of imide groups is 1. The number of halogens is 1. The van der Waals surface area contributed by atoms with Gasteiger partial charge in [0.25, 0.3) is 11.8 Å². The van der Waals surface area contributed by atoms with Gasteiger partial charge in [0.2, 0.25) is 0 Å². The molecule has 0 N–H and O–H groups in total. The molecule has 27 heavy (non-hydrogen) atoms. The van der Waals surface area contributed by atoms with E-state index in [4.69, 9.17) is 16.3 Å². The number of nitrogens with zero attached hydrogens (tertiary/aromatic N) is 1. The summed E-state index contributed by atoms with van der Waals surface area (Å²) in [4.78, 5) is 27.7. The molecule has 6 heteroatoms. The summed E-state index contributed by atoms with van der Waals surface area (Å²) >= 11 is 7.38. The fourth-order valence-corrected chi connectivity index (χ4v) is 4.07. The van der Waals surface area contributed by atoms with Gasteiger partial charge >= 0.3 is 0 Å². The lowest BCUT2D eigenvalue weighted by Crippen LogP contribution is -2.33. The van der Waals surface area contributed by atoms with Crippen LogP contribution < -0.4 is 0 Å². The van der Waals surface area contributed by atoms with Crippen molar-refractivity contribution in [3.63, 3.8) is 0 Å². The molecule has 0 radical (unpaired) electrons. The van der Waals surface area contributed by atoms with E-state index in [0.717, 1.165) is 5.56 Å². The van der Waals surface area contributed by atoms with Gasteiger partial charge < -0.3 is 4.74 Å². The largest absolute Gasteiger partial charge is 0.385 e. The van der Waals surface area contributed by atoms with Crippen LogP contribution in [0.25, 0.3) is 5.57 Å². The second kappa shape index (κ2) is 9.22. The number of hydrogen-bond donors (Lipinski definition) is 0. The van der Waals surface area contributed by atoms with Crippen LogP contribution in [0.15, 0.2) is 59.5 Å². The van der Waals surface area contributed by atoms with Gasteiger partial charge in [-0.3, -0.25) is 14.5 Å². The average molecular weight is 402 g/mol. The number of amides is 2. The van der Waals surface area contributed by atoms with Crippen LogP contribution in [0.4, 0.5) is 0 Å². The first kappa shape index (κ1) is 19.7. The zero-order valence-corrected chi connectivity index (χ0v) is 16.6. The first-order chi connectivity index (χ1) is 13.1. The van der Waals surface area contributed by atoms with Crippen LogP contribution in [0.2, 0.25) is 5.02 Å². The normalized spacial score (nSPS) is 14.4. The third-order valence-electron chi connectivity index (χ3n) is 4.21. The maximum absolute atomic E-state index is 13.0. The molecule has 2 aromatic rings. The predicted molar refractivity (Wildman–Crippen MR) is 109 cm³/mol. The Kier molecular flexibility index (Phi) is 6.72. The van der Waals surface area contributed by atoms with Crippen molar-refractivity contribution in [2.75, 3.05) is 20.3 Å². The standard InChI is InChI=1S/C21H20ClNO3S/c1-26-13-5-12-23-20(24)18(16-8-10-17(22)11-9-16)19(21(23)25)27-14-15-6-3-2-4-7-15/h2-4,6-11H,5,12-14H2,1H3. The van der Waals surface area contributed by atoms with E-state index in [-0.39, 0.29) is 11.8 Å². The van der Waals surface area contributed by atoms with E-state index in [2.05, 4.69) is 0 Å².